The van der Waals surface area contributed by atoms with E-state index in [1.807, 2.05) is 14.0 Å². The van der Waals surface area contributed by atoms with E-state index in [4.69, 9.17) is 0 Å². The van der Waals surface area contributed by atoms with Crippen LogP contribution in [-0.4, -0.2) is 21.3 Å². The third-order valence-electron chi connectivity index (χ3n) is 2.86. The second kappa shape index (κ2) is 4.79. The summed E-state index contributed by atoms with van der Waals surface area (Å²) in [5, 5.41) is 2.37. The van der Waals surface area contributed by atoms with Gasteiger partial charge in [-0.2, -0.15) is 0 Å². The molecule has 0 aliphatic rings. The van der Waals surface area contributed by atoms with Crippen molar-refractivity contribution in [3.05, 3.63) is 29.6 Å². The fourth-order valence-electron chi connectivity index (χ4n) is 1.84. The van der Waals surface area contributed by atoms with Gasteiger partial charge >= 0.3 is 0 Å². The molecule has 2 aromatic rings. The molecule has 0 spiro atoms. The zero-order chi connectivity index (χ0) is 12.4. The molecule has 4 nitrogen and oxygen atoms in total. The van der Waals surface area contributed by atoms with E-state index in [1.165, 1.54) is 0 Å². The third-order valence-corrected chi connectivity index (χ3v) is 3.02. The molecule has 2 rings (SSSR count). The summed E-state index contributed by atoms with van der Waals surface area (Å²) in [5.41, 5.74) is 3.29. The van der Waals surface area contributed by atoms with Gasteiger partial charge in [0.05, 0.1) is 11.0 Å². The van der Waals surface area contributed by atoms with E-state index in [1.54, 1.807) is 0 Å². The maximum atomic E-state index is 10.6. The average molecular weight is 249 g/mol. The number of benzene rings is 1. The Bertz CT molecular complexity index is 562. The Hall–Kier alpha value is -1.49. The molecule has 1 N–H and O–H groups in total. The molecule has 0 saturated heterocycles. The van der Waals surface area contributed by atoms with Crippen molar-refractivity contribution in [2.75, 3.05) is 6.54 Å². The Morgan fingerprint density at radius 3 is 3.00 bits per heavy atom. The van der Waals surface area contributed by atoms with Crippen molar-refractivity contribution in [2.45, 2.75) is 13.3 Å². The predicted octanol–water partition coefficient (Wildman–Crippen LogP) is 2.06. The van der Waals surface area contributed by atoms with Crippen LogP contribution in [-0.2, 0) is 13.5 Å². The van der Waals surface area contributed by atoms with E-state index in [0.29, 0.717) is 6.54 Å². The van der Waals surface area contributed by atoms with Gasteiger partial charge in [0.2, 0.25) is 0 Å². The summed E-state index contributed by atoms with van der Waals surface area (Å²) in [7, 11) is 2.01. The average Bonchev–Trinajstić information content (AvgIpc) is 2.54. The van der Waals surface area contributed by atoms with Crippen molar-refractivity contribution in [3.8, 4) is 0 Å². The van der Waals surface area contributed by atoms with Crippen LogP contribution in [0.5, 0.6) is 0 Å². The van der Waals surface area contributed by atoms with Crippen LogP contribution in [0.15, 0.2) is 18.2 Å². The van der Waals surface area contributed by atoms with Crippen molar-refractivity contribution < 1.29 is 4.79 Å². The monoisotopic (exact) mass is 249 g/mol. The first-order valence-electron chi connectivity index (χ1n) is 5.46. The van der Waals surface area contributed by atoms with Crippen LogP contribution in [0.3, 0.4) is 0 Å². The number of aromatic nitrogens is 2. The normalized spacial score (nSPS) is 10.8. The fraction of sp³-hybridized carbons (Fsp3) is 0.333. The van der Waals surface area contributed by atoms with Crippen molar-refractivity contribution >= 4 is 28.9 Å². The summed E-state index contributed by atoms with van der Waals surface area (Å²) in [5.74, 6) is 1.00. The van der Waals surface area contributed by atoms with E-state index in [0.717, 1.165) is 28.8 Å². The summed E-state index contributed by atoms with van der Waals surface area (Å²) in [6.45, 7) is 2.58. The van der Waals surface area contributed by atoms with Gasteiger partial charge in [0, 0.05) is 13.6 Å². The summed E-state index contributed by atoms with van der Waals surface area (Å²) >= 11 is 3.65. The van der Waals surface area contributed by atoms with Gasteiger partial charge in [0.15, 0.2) is 0 Å². The number of nitrogens with zero attached hydrogens (tertiary/aromatic N) is 2. The van der Waals surface area contributed by atoms with Gasteiger partial charge in [0.25, 0.3) is 5.24 Å². The van der Waals surface area contributed by atoms with Gasteiger partial charge in [-0.3, -0.25) is 4.79 Å². The van der Waals surface area contributed by atoms with Crippen molar-refractivity contribution in [1.82, 2.24) is 14.9 Å². The molecular weight excluding hydrogens is 234 g/mol. The van der Waals surface area contributed by atoms with Crippen LogP contribution < -0.4 is 5.32 Å². The van der Waals surface area contributed by atoms with Gasteiger partial charge in [-0.1, -0.05) is 18.7 Å². The van der Waals surface area contributed by atoms with Crippen molar-refractivity contribution in [2.24, 2.45) is 7.05 Å². The topological polar surface area (TPSA) is 46.9 Å². The minimum atomic E-state index is -0.292. The molecule has 0 bridgehead atoms. The molecule has 90 valence electrons. The largest absolute Gasteiger partial charge is 0.347 e. The molecule has 1 aromatic heterocycles. The second-order valence-electron chi connectivity index (χ2n) is 4.02. The third kappa shape index (κ3) is 2.61. The van der Waals surface area contributed by atoms with Crippen LogP contribution in [0.25, 0.3) is 11.0 Å². The molecule has 0 unspecified atom stereocenters. The lowest BCUT2D eigenvalue weighted by Crippen LogP contribution is -2.19. The molecule has 1 aromatic carbocycles. The lowest BCUT2D eigenvalue weighted by Gasteiger charge is -2.02. The zero-order valence-electron chi connectivity index (χ0n) is 9.90. The Labute approximate surface area is 105 Å². The Morgan fingerprint density at radius 1 is 1.53 bits per heavy atom. The van der Waals surface area contributed by atoms with Gasteiger partial charge < -0.3 is 9.88 Å². The highest BCUT2D eigenvalue weighted by molar-refractivity contribution is 7.96. The summed E-state index contributed by atoms with van der Waals surface area (Å²) in [6.07, 6.45) is 0.790. The molecule has 17 heavy (non-hydrogen) atoms. The Kier molecular flexibility index (Phi) is 3.38. The van der Waals surface area contributed by atoms with E-state index >= 15 is 0 Å². The summed E-state index contributed by atoms with van der Waals surface area (Å²) < 4.78 is 2.06. The summed E-state index contributed by atoms with van der Waals surface area (Å²) in [4.78, 5) is 15.1. The molecule has 1 heterocycles. The van der Waals surface area contributed by atoms with Crippen molar-refractivity contribution in [3.63, 3.8) is 0 Å². The Balaban J connectivity index is 2.17. The molecule has 0 aliphatic carbocycles. The fourth-order valence-corrected chi connectivity index (χ4v) is 1.95. The molecular formula is C12H15N3OS. The molecule has 5 heteroatoms. The van der Waals surface area contributed by atoms with E-state index in [-0.39, 0.29) is 5.24 Å². The second-order valence-corrected chi connectivity index (χ2v) is 4.43. The van der Waals surface area contributed by atoms with E-state index < -0.39 is 0 Å². The first-order valence-corrected chi connectivity index (χ1v) is 5.91. The highest BCUT2D eigenvalue weighted by Gasteiger charge is 2.04. The highest BCUT2D eigenvalue weighted by atomic mass is 32.1. The number of carbonyl (C=O) groups excluding carboxylic acids is 1. The minimum absolute atomic E-state index is 0.292. The number of fused-ring (bicyclic) bond motifs is 1. The standard InChI is InChI=1S/C12H15N3OS/c1-8-14-10-7-9(5-6-13-12(16)17)3-4-11(10)15(8)2/h3-4,7H,5-6H2,1-2H3,(H2,13,16,17). The number of amides is 1. The first kappa shape index (κ1) is 12.0. The number of imidazole rings is 1. The number of hydrogen-bond donors (Lipinski definition) is 2. The molecule has 0 fully saturated rings. The quantitative estimate of drug-likeness (QED) is 0.818. The maximum Gasteiger partial charge on any atom is 0.275 e. The van der Waals surface area contributed by atoms with Gasteiger partial charge in [0.1, 0.15) is 5.82 Å². The van der Waals surface area contributed by atoms with Crippen molar-refractivity contribution in [1.29, 1.82) is 0 Å². The van der Waals surface area contributed by atoms with Gasteiger partial charge in [-0.05, 0) is 31.0 Å². The van der Waals surface area contributed by atoms with Crippen LogP contribution in [0.4, 0.5) is 4.79 Å². The smallest absolute Gasteiger partial charge is 0.275 e. The number of carbonyl (C=O) groups is 1. The molecule has 0 radical (unpaired) electrons. The molecule has 1 amide bonds. The van der Waals surface area contributed by atoms with E-state index in [9.17, 15) is 4.79 Å². The zero-order valence-corrected chi connectivity index (χ0v) is 10.8. The SMILES string of the molecule is Cc1nc2cc(CCNC(=O)S)ccc2n1C. The van der Waals surface area contributed by atoms with Gasteiger partial charge in [-0.25, -0.2) is 4.98 Å². The number of nitrogens with one attached hydrogen (secondary N) is 1. The highest BCUT2D eigenvalue weighted by Crippen LogP contribution is 2.16. The van der Waals surface area contributed by atoms with Crippen LogP contribution in [0, 0.1) is 6.92 Å². The number of rotatable bonds is 3. The predicted molar refractivity (Wildman–Crippen MR) is 71.5 cm³/mol. The van der Waals surface area contributed by atoms with Crippen LogP contribution in [0.1, 0.15) is 11.4 Å². The van der Waals surface area contributed by atoms with Gasteiger partial charge in [-0.15, -0.1) is 0 Å². The molecule has 0 aliphatic heterocycles. The first-order chi connectivity index (χ1) is 8.08. The summed E-state index contributed by atoms with van der Waals surface area (Å²) in [6, 6.07) is 6.19. The van der Waals surface area contributed by atoms with Crippen LogP contribution >= 0.6 is 12.6 Å². The van der Waals surface area contributed by atoms with E-state index in [2.05, 4.69) is 45.7 Å². The molecule has 0 saturated carbocycles. The van der Waals surface area contributed by atoms with Crippen LogP contribution in [0.2, 0.25) is 0 Å². The number of thiol groups is 1. The number of hydrogen-bond acceptors (Lipinski definition) is 2. The lowest BCUT2D eigenvalue weighted by atomic mass is 10.1. The molecule has 0 atom stereocenters. The number of aryl methyl sites for hydroxylation is 2. The lowest BCUT2D eigenvalue weighted by molar-refractivity contribution is 0.261. The minimum Gasteiger partial charge on any atom is -0.347 e. The maximum absolute atomic E-state index is 10.6. The Morgan fingerprint density at radius 2 is 2.29 bits per heavy atom.